The van der Waals surface area contributed by atoms with Crippen LogP contribution in [-0.4, -0.2) is 12.8 Å². The van der Waals surface area contributed by atoms with Gasteiger partial charge in [0.25, 0.3) is 0 Å². The van der Waals surface area contributed by atoms with Crippen molar-refractivity contribution in [2.75, 3.05) is 7.05 Å². The zero-order valence-electron chi connectivity index (χ0n) is 10.6. The highest BCUT2D eigenvalue weighted by Gasteiger charge is 2.16. The van der Waals surface area contributed by atoms with Gasteiger partial charge in [-0.05, 0) is 42.9 Å². The van der Waals surface area contributed by atoms with E-state index in [1.54, 1.807) is 0 Å². The highest BCUT2D eigenvalue weighted by atomic mass is 14.7. The van der Waals surface area contributed by atoms with Crippen molar-refractivity contribution in [2.45, 2.75) is 39.0 Å². The summed E-state index contributed by atoms with van der Waals surface area (Å²) in [6, 6.07) is 0. The summed E-state index contributed by atoms with van der Waals surface area (Å²) in [6.45, 7) is 9.88. The van der Waals surface area contributed by atoms with E-state index in [2.05, 4.69) is 24.2 Å². The van der Waals surface area contributed by atoms with Gasteiger partial charge in [-0.1, -0.05) is 38.5 Å². The molecule has 1 fully saturated rings. The lowest BCUT2D eigenvalue weighted by atomic mass is 9.83. The third-order valence-corrected chi connectivity index (χ3v) is 3.29. The molecule has 0 bridgehead atoms. The molecular formula is C15H23N. The van der Waals surface area contributed by atoms with Gasteiger partial charge in [0, 0.05) is 7.05 Å². The van der Waals surface area contributed by atoms with Crippen molar-refractivity contribution in [2.24, 2.45) is 10.9 Å². The summed E-state index contributed by atoms with van der Waals surface area (Å²) in [7, 11) is 1.82. The predicted molar refractivity (Wildman–Crippen MR) is 73.0 cm³/mol. The van der Waals surface area contributed by atoms with Gasteiger partial charge in [-0.2, -0.15) is 0 Å². The molecule has 1 aliphatic carbocycles. The van der Waals surface area contributed by atoms with Crippen LogP contribution in [0.2, 0.25) is 0 Å². The summed E-state index contributed by atoms with van der Waals surface area (Å²) in [6.07, 6.45) is 10.8. The molecule has 0 amide bonds. The van der Waals surface area contributed by atoms with Gasteiger partial charge in [-0.15, -0.1) is 0 Å². The SMILES string of the molecule is C=C/C(=C\C(=NC)C(=C)C)C1CCCCC1. The molecule has 1 nitrogen and oxygen atoms in total. The maximum Gasteiger partial charge on any atom is 0.0596 e. The quantitative estimate of drug-likeness (QED) is 0.491. The lowest BCUT2D eigenvalue weighted by Crippen LogP contribution is -2.09. The van der Waals surface area contributed by atoms with E-state index >= 15 is 0 Å². The molecule has 0 saturated heterocycles. The van der Waals surface area contributed by atoms with Gasteiger partial charge in [0.2, 0.25) is 0 Å². The summed E-state index contributed by atoms with van der Waals surface area (Å²) in [5.41, 5.74) is 3.36. The second-order valence-corrected chi connectivity index (χ2v) is 4.57. The lowest BCUT2D eigenvalue weighted by molar-refractivity contribution is 0.408. The topological polar surface area (TPSA) is 12.4 Å². The Bertz CT molecular complexity index is 314. The number of aliphatic imine (C=N–C) groups is 1. The Morgan fingerprint density at radius 2 is 1.88 bits per heavy atom. The Labute approximate surface area is 99.7 Å². The monoisotopic (exact) mass is 217 g/mol. The molecular weight excluding hydrogens is 194 g/mol. The van der Waals surface area contributed by atoms with Crippen LogP contribution in [0.25, 0.3) is 0 Å². The van der Waals surface area contributed by atoms with Gasteiger partial charge < -0.3 is 0 Å². The Kier molecular flexibility index (Phi) is 5.24. The molecule has 0 atom stereocenters. The summed E-state index contributed by atoms with van der Waals surface area (Å²) in [5.74, 6) is 0.683. The minimum absolute atomic E-state index is 0.683. The largest absolute Gasteiger partial charge is 0.288 e. The molecule has 0 radical (unpaired) electrons. The average molecular weight is 217 g/mol. The van der Waals surface area contributed by atoms with Crippen LogP contribution in [-0.2, 0) is 0 Å². The van der Waals surface area contributed by atoms with Crippen LogP contribution in [0.15, 0.2) is 41.4 Å². The highest BCUT2D eigenvalue weighted by molar-refractivity contribution is 6.08. The molecule has 16 heavy (non-hydrogen) atoms. The number of allylic oxidation sites excluding steroid dienone is 4. The lowest BCUT2D eigenvalue weighted by Gasteiger charge is -2.23. The normalized spacial score (nSPS) is 19.6. The number of hydrogen-bond donors (Lipinski definition) is 0. The zero-order valence-corrected chi connectivity index (χ0v) is 10.6. The molecule has 1 rings (SSSR count). The fourth-order valence-electron chi connectivity index (χ4n) is 2.32. The van der Waals surface area contributed by atoms with E-state index in [0.717, 1.165) is 11.3 Å². The van der Waals surface area contributed by atoms with Crippen LogP contribution in [0.5, 0.6) is 0 Å². The van der Waals surface area contributed by atoms with Crippen LogP contribution in [0, 0.1) is 5.92 Å². The average Bonchev–Trinajstić information content (AvgIpc) is 2.31. The molecule has 0 unspecified atom stereocenters. The van der Waals surface area contributed by atoms with Gasteiger partial charge in [0.15, 0.2) is 0 Å². The standard InChI is InChI=1S/C15H23N/c1-5-13(11-15(16-4)12(2)3)14-9-7-6-8-10-14/h5,11,14H,1-2,6-10H2,3-4H3/b13-11+,16-15?. The third kappa shape index (κ3) is 3.48. The fourth-order valence-corrected chi connectivity index (χ4v) is 2.32. The number of hydrogen-bond acceptors (Lipinski definition) is 1. The number of rotatable bonds is 4. The molecule has 1 heteroatoms. The van der Waals surface area contributed by atoms with Crippen LogP contribution in [0.3, 0.4) is 0 Å². The molecule has 0 aromatic heterocycles. The first kappa shape index (κ1) is 13.0. The molecule has 1 aliphatic rings. The zero-order chi connectivity index (χ0) is 12.0. The smallest absolute Gasteiger partial charge is 0.0596 e. The van der Waals surface area contributed by atoms with Crippen LogP contribution in [0.1, 0.15) is 39.0 Å². The Balaban J connectivity index is 2.83. The molecule has 0 aromatic rings. The van der Waals surface area contributed by atoms with Crippen molar-refractivity contribution in [1.82, 2.24) is 0 Å². The Morgan fingerprint density at radius 1 is 1.25 bits per heavy atom. The Morgan fingerprint density at radius 3 is 2.31 bits per heavy atom. The molecule has 88 valence electrons. The van der Waals surface area contributed by atoms with E-state index in [4.69, 9.17) is 0 Å². The first-order valence-corrected chi connectivity index (χ1v) is 6.15. The highest BCUT2D eigenvalue weighted by Crippen LogP contribution is 2.30. The van der Waals surface area contributed by atoms with Crippen molar-refractivity contribution < 1.29 is 0 Å². The van der Waals surface area contributed by atoms with E-state index in [-0.39, 0.29) is 0 Å². The van der Waals surface area contributed by atoms with Crippen molar-refractivity contribution >= 4 is 5.71 Å². The van der Waals surface area contributed by atoms with Gasteiger partial charge in [-0.25, -0.2) is 0 Å². The molecule has 0 aromatic carbocycles. The van der Waals surface area contributed by atoms with Gasteiger partial charge in [-0.3, -0.25) is 4.99 Å². The molecule has 0 aliphatic heterocycles. The van der Waals surface area contributed by atoms with Crippen LogP contribution < -0.4 is 0 Å². The summed E-state index contributed by atoms with van der Waals surface area (Å²) < 4.78 is 0. The minimum Gasteiger partial charge on any atom is -0.288 e. The van der Waals surface area contributed by atoms with E-state index in [0.29, 0.717) is 5.92 Å². The van der Waals surface area contributed by atoms with Crippen molar-refractivity contribution in [1.29, 1.82) is 0 Å². The summed E-state index contributed by atoms with van der Waals surface area (Å²) in [4.78, 5) is 4.26. The van der Waals surface area contributed by atoms with E-state index in [1.807, 2.05) is 20.0 Å². The maximum absolute atomic E-state index is 4.26. The van der Waals surface area contributed by atoms with E-state index < -0.39 is 0 Å². The minimum atomic E-state index is 0.683. The second kappa shape index (κ2) is 6.47. The molecule has 1 saturated carbocycles. The first-order chi connectivity index (χ1) is 7.69. The molecule has 0 N–H and O–H groups in total. The van der Waals surface area contributed by atoms with Gasteiger partial charge >= 0.3 is 0 Å². The van der Waals surface area contributed by atoms with Crippen LogP contribution in [0.4, 0.5) is 0 Å². The second-order valence-electron chi connectivity index (χ2n) is 4.57. The summed E-state index contributed by atoms with van der Waals surface area (Å²) >= 11 is 0. The van der Waals surface area contributed by atoms with Crippen molar-refractivity contribution in [3.8, 4) is 0 Å². The first-order valence-electron chi connectivity index (χ1n) is 6.15. The van der Waals surface area contributed by atoms with Gasteiger partial charge in [0.05, 0.1) is 5.71 Å². The van der Waals surface area contributed by atoms with Crippen LogP contribution >= 0.6 is 0 Å². The van der Waals surface area contributed by atoms with E-state index in [9.17, 15) is 0 Å². The predicted octanol–water partition coefficient (Wildman–Crippen LogP) is 4.33. The fraction of sp³-hybridized carbons (Fsp3) is 0.533. The van der Waals surface area contributed by atoms with Gasteiger partial charge in [0.1, 0.15) is 0 Å². The summed E-state index contributed by atoms with van der Waals surface area (Å²) in [5, 5.41) is 0. The van der Waals surface area contributed by atoms with E-state index in [1.165, 1.54) is 37.7 Å². The number of nitrogens with zero attached hydrogens (tertiary/aromatic N) is 1. The van der Waals surface area contributed by atoms with Crippen molar-refractivity contribution in [3.05, 3.63) is 36.5 Å². The maximum atomic E-state index is 4.26. The molecule has 0 spiro atoms. The third-order valence-electron chi connectivity index (χ3n) is 3.29. The van der Waals surface area contributed by atoms with Crippen molar-refractivity contribution in [3.63, 3.8) is 0 Å². The molecule has 0 heterocycles. The Hall–Kier alpha value is -1.11.